The van der Waals surface area contributed by atoms with Gasteiger partial charge in [0.1, 0.15) is 0 Å². The second-order valence-corrected chi connectivity index (χ2v) is 8.42. The van der Waals surface area contributed by atoms with Crippen molar-refractivity contribution in [2.75, 3.05) is 32.7 Å². The Morgan fingerprint density at radius 2 is 1.50 bits per heavy atom. The molecule has 28 heavy (non-hydrogen) atoms. The summed E-state index contributed by atoms with van der Waals surface area (Å²) >= 11 is 0. The van der Waals surface area contributed by atoms with E-state index in [0.29, 0.717) is 19.6 Å². The normalized spacial score (nSPS) is 17.2. The molecule has 0 bridgehead atoms. The molecule has 0 saturated carbocycles. The molecule has 8 heteroatoms. The third-order valence-electron chi connectivity index (χ3n) is 4.62. The van der Waals surface area contributed by atoms with Gasteiger partial charge in [-0.3, -0.25) is 4.90 Å². The summed E-state index contributed by atoms with van der Waals surface area (Å²) in [7, 11) is -4.19. The van der Waals surface area contributed by atoms with Crippen molar-refractivity contribution in [1.82, 2.24) is 9.21 Å². The van der Waals surface area contributed by atoms with E-state index in [1.807, 2.05) is 42.5 Å². The number of alkyl halides is 3. The zero-order valence-electron chi connectivity index (χ0n) is 15.1. The quantitative estimate of drug-likeness (QED) is 0.754. The first kappa shape index (κ1) is 20.6. The SMILES string of the molecule is O=S(=O)(c1ccccc1C(F)(F)F)N1CCN(C/C=C/c2ccccc2)CC1. The Kier molecular flexibility index (Phi) is 6.22. The van der Waals surface area contributed by atoms with Gasteiger partial charge in [0.25, 0.3) is 0 Å². The monoisotopic (exact) mass is 410 g/mol. The van der Waals surface area contributed by atoms with Crippen LogP contribution in [0.5, 0.6) is 0 Å². The van der Waals surface area contributed by atoms with E-state index in [9.17, 15) is 21.6 Å². The molecule has 0 spiro atoms. The topological polar surface area (TPSA) is 40.6 Å². The van der Waals surface area contributed by atoms with E-state index in [4.69, 9.17) is 0 Å². The Morgan fingerprint density at radius 3 is 2.14 bits per heavy atom. The second-order valence-electron chi connectivity index (χ2n) is 6.51. The number of hydrogen-bond acceptors (Lipinski definition) is 3. The van der Waals surface area contributed by atoms with Gasteiger partial charge in [-0.2, -0.15) is 17.5 Å². The predicted molar refractivity (Wildman–Crippen MR) is 102 cm³/mol. The predicted octanol–water partition coefficient (Wildman–Crippen LogP) is 3.73. The maximum absolute atomic E-state index is 13.2. The lowest BCUT2D eigenvalue weighted by Gasteiger charge is -2.33. The van der Waals surface area contributed by atoms with Gasteiger partial charge in [-0.1, -0.05) is 54.6 Å². The van der Waals surface area contributed by atoms with Crippen molar-refractivity contribution < 1.29 is 21.6 Å². The third kappa shape index (κ3) is 4.81. The van der Waals surface area contributed by atoms with Crippen LogP contribution < -0.4 is 0 Å². The van der Waals surface area contributed by atoms with Crippen LogP contribution in [0.4, 0.5) is 13.2 Å². The molecule has 0 N–H and O–H groups in total. The Hall–Kier alpha value is -2.16. The lowest BCUT2D eigenvalue weighted by atomic mass is 10.2. The number of sulfonamides is 1. The Morgan fingerprint density at radius 1 is 0.893 bits per heavy atom. The highest BCUT2D eigenvalue weighted by Gasteiger charge is 2.39. The largest absolute Gasteiger partial charge is 0.417 e. The number of nitrogens with zero attached hydrogens (tertiary/aromatic N) is 2. The van der Waals surface area contributed by atoms with Crippen LogP contribution >= 0.6 is 0 Å². The summed E-state index contributed by atoms with van der Waals surface area (Å²) in [6.07, 6.45) is -0.727. The minimum atomic E-state index is -4.71. The van der Waals surface area contributed by atoms with E-state index >= 15 is 0 Å². The molecule has 2 aromatic carbocycles. The smallest absolute Gasteiger partial charge is 0.297 e. The number of hydrogen-bond donors (Lipinski definition) is 0. The van der Waals surface area contributed by atoms with E-state index in [0.717, 1.165) is 22.0 Å². The summed E-state index contributed by atoms with van der Waals surface area (Å²) in [5.74, 6) is 0. The molecule has 0 aromatic heterocycles. The number of rotatable bonds is 5. The zero-order chi connectivity index (χ0) is 20.2. The van der Waals surface area contributed by atoms with Gasteiger partial charge < -0.3 is 0 Å². The van der Waals surface area contributed by atoms with Crippen molar-refractivity contribution in [3.63, 3.8) is 0 Å². The molecular formula is C20H21F3N2O2S. The molecule has 1 heterocycles. The molecule has 0 amide bonds. The van der Waals surface area contributed by atoms with Crippen LogP contribution in [0.2, 0.25) is 0 Å². The summed E-state index contributed by atoms with van der Waals surface area (Å²) < 4.78 is 66.2. The molecule has 4 nitrogen and oxygen atoms in total. The van der Waals surface area contributed by atoms with Gasteiger partial charge in [0.05, 0.1) is 10.5 Å². The molecule has 1 aliphatic heterocycles. The minimum absolute atomic E-state index is 0.160. The highest BCUT2D eigenvalue weighted by molar-refractivity contribution is 7.89. The zero-order valence-corrected chi connectivity index (χ0v) is 16.0. The molecule has 2 aromatic rings. The van der Waals surface area contributed by atoms with Crippen LogP contribution in [0.1, 0.15) is 11.1 Å². The molecule has 0 aliphatic carbocycles. The summed E-state index contributed by atoms with van der Waals surface area (Å²) in [4.78, 5) is 1.39. The van der Waals surface area contributed by atoms with E-state index in [2.05, 4.69) is 4.90 Å². The first-order valence-corrected chi connectivity index (χ1v) is 10.3. The van der Waals surface area contributed by atoms with Crippen molar-refractivity contribution in [3.05, 3.63) is 71.8 Å². The van der Waals surface area contributed by atoms with E-state index < -0.39 is 26.7 Å². The average molecular weight is 410 g/mol. The molecular weight excluding hydrogens is 389 g/mol. The van der Waals surface area contributed by atoms with Crippen molar-refractivity contribution in [2.24, 2.45) is 0 Å². The van der Waals surface area contributed by atoms with Gasteiger partial charge in [0.2, 0.25) is 10.0 Å². The number of halogens is 3. The fourth-order valence-electron chi connectivity index (χ4n) is 3.12. The first-order valence-electron chi connectivity index (χ1n) is 8.89. The van der Waals surface area contributed by atoms with Crippen molar-refractivity contribution in [2.45, 2.75) is 11.1 Å². The maximum Gasteiger partial charge on any atom is 0.417 e. The Labute approximate surface area is 162 Å². The third-order valence-corrected chi connectivity index (χ3v) is 6.57. The number of benzene rings is 2. The van der Waals surface area contributed by atoms with Crippen LogP contribution in [-0.4, -0.2) is 50.3 Å². The van der Waals surface area contributed by atoms with Gasteiger partial charge >= 0.3 is 6.18 Å². The van der Waals surface area contributed by atoms with E-state index in [1.165, 1.54) is 12.1 Å². The van der Waals surface area contributed by atoms with Gasteiger partial charge in [-0.05, 0) is 17.7 Å². The average Bonchev–Trinajstić information content (AvgIpc) is 2.69. The fourth-order valence-corrected chi connectivity index (χ4v) is 4.75. The molecule has 0 atom stereocenters. The molecule has 1 fully saturated rings. The second kappa shape index (κ2) is 8.46. The van der Waals surface area contributed by atoms with Crippen LogP contribution in [0.25, 0.3) is 6.08 Å². The summed E-state index contributed by atoms with van der Waals surface area (Å²) in [6, 6.07) is 14.1. The molecule has 1 aliphatic rings. The highest BCUT2D eigenvalue weighted by atomic mass is 32.2. The summed E-state index contributed by atoms with van der Waals surface area (Å²) in [5, 5.41) is 0. The summed E-state index contributed by atoms with van der Waals surface area (Å²) in [5.41, 5.74) is -0.0457. The lowest BCUT2D eigenvalue weighted by Crippen LogP contribution is -2.48. The van der Waals surface area contributed by atoms with Gasteiger partial charge in [-0.15, -0.1) is 0 Å². The van der Waals surface area contributed by atoms with E-state index in [1.54, 1.807) is 0 Å². The van der Waals surface area contributed by atoms with Crippen LogP contribution in [0.15, 0.2) is 65.6 Å². The van der Waals surface area contributed by atoms with Gasteiger partial charge in [0.15, 0.2) is 0 Å². The van der Waals surface area contributed by atoms with Crippen LogP contribution in [0, 0.1) is 0 Å². The van der Waals surface area contributed by atoms with Crippen molar-refractivity contribution in [1.29, 1.82) is 0 Å². The van der Waals surface area contributed by atoms with Crippen molar-refractivity contribution >= 4 is 16.1 Å². The van der Waals surface area contributed by atoms with E-state index in [-0.39, 0.29) is 13.1 Å². The van der Waals surface area contributed by atoms with Gasteiger partial charge in [-0.25, -0.2) is 8.42 Å². The van der Waals surface area contributed by atoms with Crippen LogP contribution in [-0.2, 0) is 16.2 Å². The standard InChI is InChI=1S/C20H21F3N2O2S/c21-20(22,23)18-10-4-5-11-19(18)28(26,27)25-15-13-24(14-16-25)12-6-9-17-7-2-1-3-8-17/h1-11H,12-16H2/b9-6+. The molecule has 3 rings (SSSR count). The molecule has 150 valence electrons. The minimum Gasteiger partial charge on any atom is -0.297 e. The van der Waals surface area contributed by atoms with Crippen molar-refractivity contribution in [3.8, 4) is 0 Å². The highest BCUT2D eigenvalue weighted by Crippen LogP contribution is 2.35. The Bertz CT molecular complexity index is 920. The maximum atomic E-state index is 13.2. The van der Waals surface area contributed by atoms with Crippen LogP contribution in [0.3, 0.4) is 0 Å². The lowest BCUT2D eigenvalue weighted by molar-refractivity contribution is -0.139. The first-order chi connectivity index (χ1) is 13.3. The number of piperazine rings is 1. The Balaban J connectivity index is 1.64. The fraction of sp³-hybridized carbons (Fsp3) is 0.300. The summed E-state index contributed by atoms with van der Waals surface area (Å²) in [6.45, 7) is 1.91. The molecule has 0 unspecified atom stereocenters. The molecule has 0 radical (unpaired) electrons. The molecule has 1 saturated heterocycles. The van der Waals surface area contributed by atoms with Gasteiger partial charge in [0, 0.05) is 32.7 Å².